The van der Waals surface area contributed by atoms with Crippen LogP contribution in [0.2, 0.25) is 0 Å². The Hall–Kier alpha value is -1.03. The topological polar surface area (TPSA) is 12.0 Å². The first-order chi connectivity index (χ1) is 7.92. The van der Waals surface area contributed by atoms with Gasteiger partial charge in [-0.1, -0.05) is 37.6 Å². The number of halogens is 3. The number of rotatable bonds is 5. The highest BCUT2D eigenvalue weighted by Gasteiger charge is 2.27. The first-order valence-corrected chi connectivity index (χ1v) is 5.81. The van der Waals surface area contributed by atoms with Crippen molar-refractivity contribution in [3.05, 3.63) is 35.4 Å². The average Bonchev–Trinajstić information content (AvgIpc) is 2.26. The molecule has 1 atom stereocenters. The quantitative estimate of drug-likeness (QED) is 0.830. The molecule has 4 heteroatoms. The maximum atomic E-state index is 12.0. The minimum absolute atomic E-state index is 0.285. The first kappa shape index (κ1) is 14.0. The Morgan fingerprint density at radius 2 is 1.76 bits per heavy atom. The van der Waals surface area contributed by atoms with Crippen LogP contribution >= 0.6 is 0 Å². The smallest absolute Gasteiger partial charge is 0.302 e. The summed E-state index contributed by atoms with van der Waals surface area (Å²) in [4.78, 5) is 0. The molecule has 17 heavy (non-hydrogen) atoms. The van der Waals surface area contributed by atoms with E-state index in [0.717, 1.165) is 18.4 Å². The van der Waals surface area contributed by atoms with Gasteiger partial charge in [-0.2, -0.15) is 13.2 Å². The lowest BCUT2D eigenvalue weighted by molar-refractivity contribution is -0.126. The molecule has 0 spiro atoms. The highest BCUT2D eigenvalue weighted by Crippen LogP contribution is 2.18. The summed E-state index contributed by atoms with van der Waals surface area (Å²) in [6.45, 7) is 2.88. The van der Waals surface area contributed by atoms with Crippen molar-refractivity contribution < 1.29 is 13.2 Å². The normalized spacial score (nSPS) is 13.7. The number of nitrogens with one attached hydrogen (secondary N) is 1. The molecule has 0 amide bonds. The molecule has 0 fully saturated rings. The van der Waals surface area contributed by atoms with Crippen LogP contribution < -0.4 is 5.32 Å². The van der Waals surface area contributed by atoms with Gasteiger partial charge in [0, 0.05) is 6.04 Å². The van der Waals surface area contributed by atoms with E-state index in [2.05, 4.69) is 12.2 Å². The molecule has 0 heterocycles. The van der Waals surface area contributed by atoms with E-state index in [1.807, 2.05) is 24.3 Å². The Balaban J connectivity index is 2.54. The molecule has 0 aromatic heterocycles. The van der Waals surface area contributed by atoms with Crippen molar-refractivity contribution in [2.24, 2.45) is 0 Å². The first-order valence-electron chi connectivity index (χ1n) is 5.81. The Morgan fingerprint density at radius 3 is 2.24 bits per heavy atom. The van der Waals surface area contributed by atoms with Crippen LogP contribution in [0.5, 0.6) is 0 Å². The van der Waals surface area contributed by atoms with E-state index < -0.39 is 12.7 Å². The third kappa shape index (κ3) is 5.22. The minimum Gasteiger partial charge on any atom is -0.302 e. The van der Waals surface area contributed by atoms with Gasteiger partial charge in [0.15, 0.2) is 0 Å². The van der Waals surface area contributed by atoms with Gasteiger partial charge in [0.2, 0.25) is 0 Å². The molecule has 0 aliphatic heterocycles. The summed E-state index contributed by atoms with van der Waals surface area (Å²) in [6.07, 6.45) is -2.08. The highest BCUT2D eigenvalue weighted by molar-refractivity contribution is 5.24. The van der Waals surface area contributed by atoms with Crippen LogP contribution in [0.15, 0.2) is 24.3 Å². The maximum Gasteiger partial charge on any atom is 0.401 e. The fourth-order valence-corrected chi connectivity index (χ4v) is 1.65. The van der Waals surface area contributed by atoms with Gasteiger partial charge in [0.05, 0.1) is 6.54 Å². The van der Waals surface area contributed by atoms with Gasteiger partial charge in [0.1, 0.15) is 0 Å². The summed E-state index contributed by atoms with van der Waals surface area (Å²) in [5.41, 5.74) is 2.10. The fraction of sp³-hybridized carbons (Fsp3) is 0.538. The van der Waals surface area contributed by atoms with Crippen molar-refractivity contribution >= 4 is 0 Å². The standard InChI is InChI=1S/C13H18F3N/c1-3-4-11-5-7-12(8-6-11)10(2)17-9-13(14,15)16/h5-8,10,17H,3-4,9H2,1-2H3. The lowest BCUT2D eigenvalue weighted by Crippen LogP contribution is -2.30. The summed E-state index contributed by atoms with van der Waals surface area (Å²) < 4.78 is 36.1. The zero-order valence-corrected chi connectivity index (χ0v) is 10.1. The van der Waals surface area contributed by atoms with Gasteiger partial charge in [-0.05, 0) is 24.5 Å². The van der Waals surface area contributed by atoms with Crippen LogP contribution in [-0.2, 0) is 6.42 Å². The molecule has 1 aromatic rings. The molecule has 1 N–H and O–H groups in total. The Labute approximate surface area is 100 Å². The second kappa shape index (κ2) is 6.05. The number of hydrogen-bond acceptors (Lipinski definition) is 1. The van der Waals surface area contributed by atoms with Crippen molar-refractivity contribution in [2.45, 2.75) is 38.9 Å². The second-order valence-corrected chi connectivity index (χ2v) is 4.21. The van der Waals surface area contributed by atoms with Crippen LogP contribution in [0.3, 0.4) is 0 Å². The van der Waals surface area contributed by atoms with Gasteiger partial charge in [0.25, 0.3) is 0 Å². The fourth-order valence-electron chi connectivity index (χ4n) is 1.65. The van der Waals surface area contributed by atoms with Crippen LogP contribution in [-0.4, -0.2) is 12.7 Å². The molecule has 0 bridgehead atoms. The van der Waals surface area contributed by atoms with Gasteiger partial charge in [-0.15, -0.1) is 0 Å². The van der Waals surface area contributed by atoms with Crippen molar-refractivity contribution in [3.63, 3.8) is 0 Å². The number of alkyl halides is 3. The van der Waals surface area contributed by atoms with Crippen LogP contribution in [0.25, 0.3) is 0 Å². The molecule has 1 aromatic carbocycles. The zero-order chi connectivity index (χ0) is 12.9. The molecular formula is C13H18F3N. The highest BCUT2D eigenvalue weighted by atomic mass is 19.4. The third-order valence-electron chi connectivity index (χ3n) is 2.63. The summed E-state index contributed by atoms with van der Waals surface area (Å²) in [7, 11) is 0. The second-order valence-electron chi connectivity index (χ2n) is 4.21. The molecule has 1 nitrogen and oxygen atoms in total. The molecule has 0 aliphatic rings. The molecule has 1 unspecified atom stereocenters. The van der Waals surface area contributed by atoms with E-state index in [4.69, 9.17) is 0 Å². The monoisotopic (exact) mass is 245 g/mol. The number of hydrogen-bond donors (Lipinski definition) is 1. The van der Waals surface area contributed by atoms with Gasteiger partial charge in [-0.25, -0.2) is 0 Å². The maximum absolute atomic E-state index is 12.0. The average molecular weight is 245 g/mol. The number of aryl methyl sites for hydroxylation is 1. The van der Waals surface area contributed by atoms with Gasteiger partial charge < -0.3 is 5.32 Å². The van der Waals surface area contributed by atoms with Gasteiger partial charge >= 0.3 is 6.18 Å². The van der Waals surface area contributed by atoms with E-state index in [-0.39, 0.29) is 6.04 Å². The lowest BCUT2D eigenvalue weighted by atomic mass is 10.0. The summed E-state index contributed by atoms with van der Waals surface area (Å²) in [5.74, 6) is 0. The van der Waals surface area contributed by atoms with Crippen molar-refractivity contribution in [1.82, 2.24) is 5.32 Å². The molecule has 0 saturated carbocycles. The third-order valence-corrected chi connectivity index (χ3v) is 2.63. The Morgan fingerprint density at radius 1 is 1.18 bits per heavy atom. The van der Waals surface area contributed by atoms with E-state index in [0.29, 0.717) is 0 Å². The Kier molecular flexibility index (Phi) is 5.00. The van der Waals surface area contributed by atoms with Crippen LogP contribution in [0, 0.1) is 0 Å². The van der Waals surface area contributed by atoms with E-state index in [1.165, 1.54) is 5.56 Å². The summed E-state index contributed by atoms with van der Waals surface area (Å²) in [5, 5.41) is 2.47. The summed E-state index contributed by atoms with van der Waals surface area (Å²) >= 11 is 0. The Bertz CT molecular complexity index is 330. The molecule has 0 aliphatic carbocycles. The summed E-state index contributed by atoms with van der Waals surface area (Å²) in [6, 6.07) is 7.44. The van der Waals surface area contributed by atoms with E-state index >= 15 is 0 Å². The predicted octanol–water partition coefficient (Wildman–Crippen LogP) is 3.85. The molecule has 0 saturated heterocycles. The number of benzene rings is 1. The van der Waals surface area contributed by atoms with E-state index in [1.54, 1.807) is 6.92 Å². The van der Waals surface area contributed by atoms with Gasteiger partial charge in [-0.3, -0.25) is 0 Å². The zero-order valence-electron chi connectivity index (χ0n) is 10.1. The molecule has 0 radical (unpaired) electrons. The van der Waals surface area contributed by atoms with Crippen molar-refractivity contribution in [2.75, 3.05) is 6.54 Å². The van der Waals surface area contributed by atoms with Crippen LogP contribution in [0.4, 0.5) is 13.2 Å². The largest absolute Gasteiger partial charge is 0.401 e. The van der Waals surface area contributed by atoms with E-state index in [9.17, 15) is 13.2 Å². The van der Waals surface area contributed by atoms with Crippen molar-refractivity contribution in [1.29, 1.82) is 0 Å². The van der Waals surface area contributed by atoms with Crippen molar-refractivity contribution in [3.8, 4) is 0 Å². The SMILES string of the molecule is CCCc1ccc(C(C)NCC(F)(F)F)cc1. The van der Waals surface area contributed by atoms with Crippen LogP contribution in [0.1, 0.15) is 37.4 Å². The minimum atomic E-state index is -4.16. The molecule has 1 rings (SSSR count). The molecule has 96 valence electrons. The lowest BCUT2D eigenvalue weighted by Gasteiger charge is -2.16. The predicted molar refractivity (Wildman–Crippen MR) is 62.9 cm³/mol. The molecular weight excluding hydrogens is 227 g/mol.